The topological polar surface area (TPSA) is 76.2 Å². The fourth-order valence-electron chi connectivity index (χ4n) is 6.30. The summed E-state index contributed by atoms with van der Waals surface area (Å²) < 4.78 is 4.01. The maximum atomic E-state index is 12.7. The first-order valence-electron chi connectivity index (χ1n) is 11.6. The van der Waals surface area contributed by atoms with Crippen LogP contribution in [0.1, 0.15) is 42.9 Å². The van der Waals surface area contributed by atoms with E-state index >= 15 is 0 Å². The van der Waals surface area contributed by atoms with Crippen molar-refractivity contribution in [3.05, 3.63) is 60.3 Å². The van der Waals surface area contributed by atoms with Crippen molar-refractivity contribution in [2.45, 2.75) is 44.2 Å². The molecular formula is C25H29N5O2. The molecule has 3 atom stereocenters. The van der Waals surface area contributed by atoms with Crippen LogP contribution in [0.15, 0.2) is 49.2 Å². The van der Waals surface area contributed by atoms with Gasteiger partial charge in [0.05, 0.1) is 36.6 Å². The highest BCUT2D eigenvalue weighted by Gasteiger charge is 2.58. The summed E-state index contributed by atoms with van der Waals surface area (Å²) in [5.74, 6) is 0.404. The minimum atomic E-state index is -0.346. The predicted molar refractivity (Wildman–Crippen MR) is 120 cm³/mol. The molecule has 1 aliphatic carbocycles. The Kier molecular flexibility index (Phi) is 4.50. The van der Waals surface area contributed by atoms with Gasteiger partial charge in [-0.1, -0.05) is 24.3 Å². The summed E-state index contributed by atoms with van der Waals surface area (Å²) >= 11 is 0. The molecule has 1 N–H and O–H groups in total. The molecule has 3 unspecified atom stereocenters. The van der Waals surface area contributed by atoms with Crippen LogP contribution in [0.2, 0.25) is 0 Å². The van der Waals surface area contributed by atoms with E-state index in [1.807, 2.05) is 36.9 Å². The number of piperidine rings is 1. The number of nitrogens with zero attached hydrogens (tertiary/aromatic N) is 5. The molecular weight excluding hydrogens is 402 g/mol. The molecule has 2 aromatic heterocycles. The molecule has 1 amide bonds. The lowest BCUT2D eigenvalue weighted by atomic mass is 9.53. The van der Waals surface area contributed by atoms with E-state index in [1.165, 1.54) is 11.1 Å². The number of aliphatic hydroxyl groups is 1. The zero-order chi connectivity index (χ0) is 21.9. The number of aromatic nitrogens is 4. The van der Waals surface area contributed by atoms with E-state index in [1.54, 1.807) is 4.68 Å². The summed E-state index contributed by atoms with van der Waals surface area (Å²) in [5, 5.41) is 15.5. The van der Waals surface area contributed by atoms with Gasteiger partial charge in [0, 0.05) is 49.7 Å². The minimum Gasteiger partial charge on any atom is -0.392 e. The Labute approximate surface area is 187 Å². The number of benzene rings is 1. The van der Waals surface area contributed by atoms with Gasteiger partial charge in [0.1, 0.15) is 0 Å². The molecule has 3 aliphatic rings. The van der Waals surface area contributed by atoms with Gasteiger partial charge in [-0.25, -0.2) is 4.98 Å². The first-order valence-corrected chi connectivity index (χ1v) is 11.6. The molecule has 7 heteroatoms. The molecule has 1 saturated heterocycles. The van der Waals surface area contributed by atoms with Crippen molar-refractivity contribution in [2.24, 2.45) is 18.4 Å². The highest BCUT2D eigenvalue weighted by Crippen LogP contribution is 2.59. The summed E-state index contributed by atoms with van der Waals surface area (Å²) in [6, 6.07) is 8.65. The Balaban J connectivity index is 1.10. The molecule has 6 rings (SSSR count). The first kappa shape index (κ1) is 19.7. The molecule has 1 saturated carbocycles. The second-order valence-electron chi connectivity index (χ2n) is 9.80. The first-order chi connectivity index (χ1) is 15.6. The van der Waals surface area contributed by atoms with Gasteiger partial charge >= 0.3 is 0 Å². The average molecular weight is 432 g/mol. The third-order valence-corrected chi connectivity index (χ3v) is 8.10. The fraction of sp³-hybridized carbons (Fsp3) is 0.480. The van der Waals surface area contributed by atoms with Crippen molar-refractivity contribution in [1.29, 1.82) is 0 Å². The molecule has 32 heavy (non-hydrogen) atoms. The number of aliphatic hydroxyl groups excluding tert-OH is 1. The Hall–Kier alpha value is -2.93. The van der Waals surface area contributed by atoms with E-state index in [4.69, 9.17) is 0 Å². The largest absolute Gasteiger partial charge is 0.392 e. The number of rotatable bonds is 4. The number of fused-ring (bicyclic) bond motifs is 3. The fourth-order valence-corrected chi connectivity index (χ4v) is 6.30. The SMILES string of the molecule is Cn1cc(CCC(=O)N2CCC3(CC2)CC(C2c4ccccc4-c4cncn42)C3O)cn1. The highest BCUT2D eigenvalue weighted by molar-refractivity contribution is 5.76. The molecule has 3 aromatic rings. The highest BCUT2D eigenvalue weighted by atomic mass is 16.3. The Bertz CT molecular complexity index is 1160. The molecule has 1 aromatic carbocycles. The van der Waals surface area contributed by atoms with Gasteiger partial charge in [-0.05, 0) is 36.8 Å². The molecule has 0 bridgehead atoms. The molecule has 4 heterocycles. The molecule has 166 valence electrons. The van der Waals surface area contributed by atoms with Crippen molar-refractivity contribution >= 4 is 5.91 Å². The second-order valence-corrected chi connectivity index (χ2v) is 9.80. The summed E-state index contributed by atoms with van der Waals surface area (Å²) in [5.41, 5.74) is 4.72. The van der Waals surface area contributed by atoms with Gasteiger partial charge in [-0.15, -0.1) is 0 Å². The molecule has 1 spiro atoms. The summed E-state index contributed by atoms with van der Waals surface area (Å²) in [4.78, 5) is 19.1. The van der Waals surface area contributed by atoms with Crippen LogP contribution in [0.25, 0.3) is 11.3 Å². The van der Waals surface area contributed by atoms with Gasteiger partial charge in [-0.3, -0.25) is 9.48 Å². The number of carbonyl (C=O) groups excluding carboxylic acids is 1. The van der Waals surface area contributed by atoms with Crippen molar-refractivity contribution < 1.29 is 9.90 Å². The van der Waals surface area contributed by atoms with E-state index in [0.29, 0.717) is 6.42 Å². The predicted octanol–water partition coefficient (Wildman–Crippen LogP) is 2.81. The third-order valence-electron chi connectivity index (χ3n) is 8.10. The Morgan fingerprint density at radius 3 is 2.78 bits per heavy atom. The molecule has 7 nitrogen and oxygen atoms in total. The lowest BCUT2D eigenvalue weighted by molar-refractivity contribution is -0.164. The molecule has 2 fully saturated rings. The van der Waals surface area contributed by atoms with E-state index in [2.05, 4.69) is 38.9 Å². The lowest BCUT2D eigenvalue weighted by Crippen LogP contribution is -2.59. The number of hydrogen-bond donors (Lipinski definition) is 1. The second kappa shape index (κ2) is 7.30. The average Bonchev–Trinajstić information content (AvgIpc) is 3.52. The number of amides is 1. The quantitative estimate of drug-likeness (QED) is 0.689. The zero-order valence-electron chi connectivity index (χ0n) is 18.4. The maximum absolute atomic E-state index is 12.7. The Morgan fingerprint density at radius 2 is 2.03 bits per heavy atom. The van der Waals surface area contributed by atoms with E-state index in [-0.39, 0.29) is 29.4 Å². The van der Waals surface area contributed by atoms with Crippen LogP contribution in [0.4, 0.5) is 0 Å². The standard InChI is InChI=1S/C25H29N5O2/c1-28-15-17(13-27-28)6-7-22(31)29-10-8-25(9-11-29)12-20(24(25)32)23-19-5-3-2-4-18(19)21-14-26-16-30(21)23/h2-5,13-16,20,23-24,32H,6-12H2,1H3. The number of hydrogen-bond acceptors (Lipinski definition) is 4. The van der Waals surface area contributed by atoms with Gasteiger partial charge in [0.2, 0.25) is 5.91 Å². The summed E-state index contributed by atoms with van der Waals surface area (Å²) in [7, 11) is 1.89. The van der Waals surface area contributed by atoms with Crippen molar-refractivity contribution in [3.63, 3.8) is 0 Å². The van der Waals surface area contributed by atoms with Crippen LogP contribution in [0.5, 0.6) is 0 Å². The zero-order valence-corrected chi connectivity index (χ0v) is 18.4. The smallest absolute Gasteiger partial charge is 0.222 e. The number of likely N-dealkylation sites (tertiary alicyclic amines) is 1. The number of carbonyl (C=O) groups is 1. The monoisotopic (exact) mass is 431 g/mol. The summed E-state index contributed by atoms with van der Waals surface area (Å²) in [6.45, 7) is 1.49. The van der Waals surface area contributed by atoms with Gasteiger partial charge in [0.15, 0.2) is 0 Å². The van der Waals surface area contributed by atoms with Crippen LogP contribution in [0, 0.1) is 11.3 Å². The third kappa shape index (κ3) is 2.94. The normalized spacial score (nSPS) is 25.4. The van der Waals surface area contributed by atoms with Crippen LogP contribution in [-0.2, 0) is 18.3 Å². The van der Waals surface area contributed by atoms with Crippen LogP contribution >= 0.6 is 0 Å². The number of imidazole rings is 1. The van der Waals surface area contributed by atoms with Crippen LogP contribution < -0.4 is 0 Å². The van der Waals surface area contributed by atoms with Crippen LogP contribution in [0.3, 0.4) is 0 Å². The Morgan fingerprint density at radius 1 is 1.22 bits per heavy atom. The van der Waals surface area contributed by atoms with Gasteiger partial charge in [0.25, 0.3) is 0 Å². The van der Waals surface area contributed by atoms with Crippen molar-refractivity contribution in [3.8, 4) is 11.3 Å². The van der Waals surface area contributed by atoms with E-state index in [9.17, 15) is 9.90 Å². The van der Waals surface area contributed by atoms with Gasteiger partial charge < -0.3 is 14.6 Å². The van der Waals surface area contributed by atoms with E-state index in [0.717, 1.165) is 50.0 Å². The molecule has 2 aliphatic heterocycles. The van der Waals surface area contributed by atoms with Gasteiger partial charge in [-0.2, -0.15) is 5.10 Å². The maximum Gasteiger partial charge on any atom is 0.222 e. The van der Waals surface area contributed by atoms with E-state index < -0.39 is 0 Å². The molecule has 0 radical (unpaired) electrons. The lowest BCUT2D eigenvalue weighted by Gasteiger charge is -2.58. The number of aryl methyl sites for hydroxylation is 2. The van der Waals surface area contributed by atoms with Crippen LogP contribution in [-0.4, -0.2) is 54.4 Å². The van der Waals surface area contributed by atoms with Crippen molar-refractivity contribution in [1.82, 2.24) is 24.2 Å². The minimum absolute atomic E-state index is 0.0525. The van der Waals surface area contributed by atoms with Crippen molar-refractivity contribution in [2.75, 3.05) is 13.1 Å². The summed E-state index contributed by atoms with van der Waals surface area (Å²) in [6.07, 6.45) is 11.3.